The van der Waals surface area contributed by atoms with Gasteiger partial charge in [-0.25, -0.2) is 8.42 Å². The zero-order valence-corrected chi connectivity index (χ0v) is 10.1. The molecule has 0 saturated heterocycles. The van der Waals surface area contributed by atoms with Crippen molar-refractivity contribution in [2.24, 2.45) is 5.16 Å². The fraction of sp³-hybridized carbons (Fsp3) is 0.364. The van der Waals surface area contributed by atoms with Gasteiger partial charge in [0.25, 0.3) is 0 Å². The lowest BCUT2D eigenvalue weighted by molar-refractivity contribution is 0.318. The van der Waals surface area contributed by atoms with Crippen molar-refractivity contribution >= 4 is 15.5 Å². The van der Waals surface area contributed by atoms with Gasteiger partial charge < -0.3 is 5.21 Å². The minimum atomic E-state index is -3.25. The predicted octanol–water partition coefficient (Wildman–Crippen LogP) is 1.69. The number of rotatable bonds is 4. The van der Waals surface area contributed by atoms with Crippen molar-refractivity contribution in [3.63, 3.8) is 0 Å². The summed E-state index contributed by atoms with van der Waals surface area (Å²) < 4.78 is 23.4. The molecule has 16 heavy (non-hydrogen) atoms. The molecule has 1 aromatic rings. The third-order valence-electron chi connectivity index (χ3n) is 2.50. The standard InChI is InChI=1S/C11H15NO3S/c1-3-16(14,15)9(2)11(12-13)10-7-5-4-6-8-10/h4-9,13H,3H2,1-2H3/b12-11-. The van der Waals surface area contributed by atoms with Crippen LogP contribution in [0.25, 0.3) is 0 Å². The molecule has 0 fully saturated rings. The fourth-order valence-electron chi connectivity index (χ4n) is 1.40. The lowest BCUT2D eigenvalue weighted by Crippen LogP contribution is -2.29. The Kier molecular flexibility index (Phi) is 4.06. The van der Waals surface area contributed by atoms with Gasteiger partial charge in [-0.3, -0.25) is 0 Å². The van der Waals surface area contributed by atoms with Crippen LogP contribution in [0.15, 0.2) is 35.5 Å². The molecule has 1 aromatic carbocycles. The third-order valence-corrected chi connectivity index (χ3v) is 4.61. The Morgan fingerprint density at radius 3 is 2.38 bits per heavy atom. The van der Waals surface area contributed by atoms with Crippen LogP contribution < -0.4 is 0 Å². The van der Waals surface area contributed by atoms with Crippen LogP contribution in [0.5, 0.6) is 0 Å². The number of benzene rings is 1. The normalized spacial score (nSPS) is 14.8. The molecule has 0 saturated carbocycles. The van der Waals surface area contributed by atoms with Crippen molar-refractivity contribution in [3.8, 4) is 0 Å². The molecule has 0 bridgehead atoms. The molecule has 1 rings (SSSR count). The molecular formula is C11H15NO3S. The largest absolute Gasteiger partial charge is 0.411 e. The second-order valence-corrected chi connectivity index (χ2v) is 6.06. The van der Waals surface area contributed by atoms with Gasteiger partial charge in [0.2, 0.25) is 0 Å². The second kappa shape index (κ2) is 5.12. The van der Waals surface area contributed by atoms with E-state index in [9.17, 15) is 8.42 Å². The van der Waals surface area contributed by atoms with E-state index in [1.165, 1.54) is 6.92 Å². The molecule has 5 heteroatoms. The summed E-state index contributed by atoms with van der Waals surface area (Å²) in [6, 6.07) is 8.79. The molecule has 0 aliphatic heterocycles. The summed E-state index contributed by atoms with van der Waals surface area (Å²) in [5.74, 6) is 0.0278. The van der Waals surface area contributed by atoms with E-state index >= 15 is 0 Å². The summed E-state index contributed by atoms with van der Waals surface area (Å²) in [4.78, 5) is 0. The van der Waals surface area contributed by atoms with E-state index in [1.54, 1.807) is 31.2 Å². The van der Waals surface area contributed by atoms with Crippen molar-refractivity contribution in [3.05, 3.63) is 35.9 Å². The number of hydrogen-bond acceptors (Lipinski definition) is 4. The van der Waals surface area contributed by atoms with Crippen LogP contribution in [-0.2, 0) is 9.84 Å². The molecule has 0 amide bonds. The molecule has 0 aromatic heterocycles. The highest BCUT2D eigenvalue weighted by Crippen LogP contribution is 2.11. The van der Waals surface area contributed by atoms with Crippen molar-refractivity contribution < 1.29 is 13.6 Å². The maximum Gasteiger partial charge on any atom is 0.158 e. The minimum Gasteiger partial charge on any atom is -0.411 e. The van der Waals surface area contributed by atoms with E-state index in [1.807, 2.05) is 6.07 Å². The molecule has 0 heterocycles. The average Bonchev–Trinajstić information content (AvgIpc) is 2.31. The van der Waals surface area contributed by atoms with Crippen molar-refractivity contribution in [1.82, 2.24) is 0 Å². The Morgan fingerprint density at radius 2 is 1.94 bits per heavy atom. The highest BCUT2D eigenvalue weighted by Gasteiger charge is 2.25. The Balaban J connectivity index is 3.12. The molecule has 0 aliphatic carbocycles. The monoisotopic (exact) mass is 241 g/mol. The van der Waals surface area contributed by atoms with Crippen molar-refractivity contribution in [2.45, 2.75) is 19.1 Å². The van der Waals surface area contributed by atoms with E-state index in [2.05, 4.69) is 5.16 Å². The lowest BCUT2D eigenvalue weighted by atomic mass is 10.1. The zero-order chi connectivity index (χ0) is 12.2. The molecule has 0 radical (unpaired) electrons. The van der Waals surface area contributed by atoms with Crippen LogP contribution in [-0.4, -0.2) is 30.3 Å². The number of nitrogens with zero attached hydrogens (tertiary/aromatic N) is 1. The van der Waals surface area contributed by atoms with Gasteiger partial charge >= 0.3 is 0 Å². The molecule has 0 spiro atoms. The molecule has 1 unspecified atom stereocenters. The quantitative estimate of drug-likeness (QED) is 0.495. The first-order valence-electron chi connectivity index (χ1n) is 5.02. The topological polar surface area (TPSA) is 66.7 Å². The number of oxime groups is 1. The summed E-state index contributed by atoms with van der Waals surface area (Å²) >= 11 is 0. The Hall–Kier alpha value is -1.36. The molecule has 0 aliphatic rings. The van der Waals surface area contributed by atoms with E-state index in [4.69, 9.17) is 5.21 Å². The second-order valence-electron chi connectivity index (χ2n) is 3.45. The van der Waals surface area contributed by atoms with E-state index in [-0.39, 0.29) is 11.5 Å². The van der Waals surface area contributed by atoms with Crippen LogP contribution in [0.2, 0.25) is 0 Å². The summed E-state index contributed by atoms with van der Waals surface area (Å²) in [6.07, 6.45) is 0. The average molecular weight is 241 g/mol. The van der Waals surface area contributed by atoms with Gasteiger partial charge in [-0.2, -0.15) is 0 Å². The Bertz CT molecular complexity index is 465. The Labute approximate surface area is 95.5 Å². The van der Waals surface area contributed by atoms with E-state index in [0.29, 0.717) is 5.56 Å². The van der Waals surface area contributed by atoms with Gasteiger partial charge in [0, 0.05) is 11.3 Å². The molecule has 1 N–H and O–H groups in total. The zero-order valence-electron chi connectivity index (χ0n) is 9.29. The summed E-state index contributed by atoms with van der Waals surface area (Å²) in [6.45, 7) is 3.10. The summed E-state index contributed by atoms with van der Waals surface area (Å²) in [5.41, 5.74) is 0.803. The minimum absolute atomic E-state index is 0.0278. The predicted molar refractivity (Wildman–Crippen MR) is 63.7 cm³/mol. The maximum atomic E-state index is 11.7. The van der Waals surface area contributed by atoms with Gasteiger partial charge in [-0.05, 0) is 6.92 Å². The van der Waals surface area contributed by atoms with Crippen molar-refractivity contribution in [2.75, 3.05) is 5.75 Å². The molecule has 4 nitrogen and oxygen atoms in total. The van der Waals surface area contributed by atoms with Crippen LogP contribution >= 0.6 is 0 Å². The highest BCUT2D eigenvalue weighted by molar-refractivity contribution is 7.92. The molecule has 88 valence electrons. The van der Waals surface area contributed by atoms with Crippen LogP contribution in [0, 0.1) is 0 Å². The van der Waals surface area contributed by atoms with Gasteiger partial charge in [-0.15, -0.1) is 0 Å². The van der Waals surface area contributed by atoms with Crippen molar-refractivity contribution in [1.29, 1.82) is 0 Å². The van der Waals surface area contributed by atoms with Gasteiger partial charge in [-0.1, -0.05) is 42.4 Å². The van der Waals surface area contributed by atoms with E-state index in [0.717, 1.165) is 0 Å². The summed E-state index contributed by atoms with van der Waals surface area (Å²) in [5, 5.41) is 11.2. The SMILES string of the molecule is CCS(=O)(=O)C(C)/C(=N/O)c1ccccc1. The summed E-state index contributed by atoms with van der Waals surface area (Å²) in [7, 11) is -3.25. The van der Waals surface area contributed by atoms with Crippen LogP contribution in [0.4, 0.5) is 0 Å². The first-order chi connectivity index (χ1) is 7.53. The van der Waals surface area contributed by atoms with Gasteiger partial charge in [0.1, 0.15) is 11.0 Å². The van der Waals surface area contributed by atoms with Crippen LogP contribution in [0.3, 0.4) is 0 Å². The molecular weight excluding hydrogens is 226 g/mol. The third kappa shape index (κ3) is 2.61. The van der Waals surface area contributed by atoms with E-state index < -0.39 is 15.1 Å². The van der Waals surface area contributed by atoms with Gasteiger partial charge in [0.15, 0.2) is 9.84 Å². The number of hydrogen-bond donors (Lipinski definition) is 1. The first-order valence-corrected chi connectivity index (χ1v) is 6.73. The highest BCUT2D eigenvalue weighted by atomic mass is 32.2. The lowest BCUT2D eigenvalue weighted by Gasteiger charge is -2.13. The molecule has 1 atom stereocenters. The smallest absolute Gasteiger partial charge is 0.158 e. The Morgan fingerprint density at radius 1 is 1.38 bits per heavy atom. The number of sulfone groups is 1. The van der Waals surface area contributed by atoms with Gasteiger partial charge in [0.05, 0.1) is 0 Å². The first kappa shape index (κ1) is 12.7. The maximum absolute atomic E-state index is 11.7. The fourth-order valence-corrected chi connectivity index (χ4v) is 2.43. The van der Waals surface area contributed by atoms with Crippen LogP contribution in [0.1, 0.15) is 19.4 Å².